The standard InChI is InChI=1S/C10H19N3O5/c1-8(2)18-10(15)16-7-17-12-11-13-5-3-4-9(13)6-14/h8-9,14H,3-7H2,1-2H3/b12-11-. The topological polar surface area (TPSA) is 93.0 Å². The summed E-state index contributed by atoms with van der Waals surface area (Å²) in [6.07, 6.45) is 0.789. The number of ether oxygens (including phenoxy) is 2. The number of rotatable bonds is 6. The fourth-order valence-corrected chi connectivity index (χ4v) is 1.52. The highest BCUT2D eigenvalue weighted by Gasteiger charge is 2.22. The third-order valence-electron chi connectivity index (χ3n) is 2.33. The van der Waals surface area contributed by atoms with Gasteiger partial charge in [0.05, 0.1) is 18.8 Å². The zero-order valence-electron chi connectivity index (χ0n) is 10.6. The molecule has 8 heteroatoms. The number of aliphatic hydroxyl groups is 1. The van der Waals surface area contributed by atoms with Gasteiger partial charge in [-0.1, -0.05) is 0 Å². The van der Waals surface area contributed by atoms with Crippen molar-refractivity contribution in [3.63, 3.8) is 0 Å². The Morgan fingerprint density at radius 3 is 3.00 bits per heavy atom. The van der Waals surface area contributed by atoms with E-state index in [0.717, 1.165) is 19.4 Å². The van der Waals surface area contributed by atoms with Crippen molar-refractivity contribution in [2.24, 2.45) is 10.5 Å². The van der Waals surface area contributed by atoms with Crippen LogP contribution in [-0.2, 0) is 14.3 Å². The molecule has 0 amide bonds. The SMILES string of the molecule is CC(C)OC(=O)OCO/N=N\N1CCCC1CO. The molecule has 1 rings (SSSR count). The van der Waals surface area contributed by atoms with Crippen molar-refractivity contribution in [3.8, 4) is 0 Å². The van der Waals surface area contributed by atoms with Crippen molar-refractivity contribution in [3.05, 3.63) is 0 Å². The third kappa shape index (κ3) is 5.17. The van der Waals surface area contributed by atoms with Crippen molar-refractivity contribution in [2.45, 2.75) is 38.8 Å². The Balaban J connectivity index is 2.12. The van der Waals surface area contributed by atoms with E-state index in [1.165, 1.54) is 0 Å². The maximum absolute atomic E-state index is 10.9. The zero-order chi connectivity index (χ0) is 13.4. The van der Waals surface area contributed by atoms with Crippen LogP contribution in [0.4, 0.5) is 4.79 Å². The van der Waals surface area contributed by atoms with Crippen molar-refractivity contribution >= 4 is 6.16 Å². The van der Waals surface area contributed by atoms with Crippen LogP contribution in [0.15, 0.2) is 10.5 Å². The van der Waals surface area contributed by atoms with E-state index in [1.54, 1.807) is 18.9 Å². The first-order valence-corrected chi connectivity index (χ1v) is 5.87. The van der Waals surface area contributed by atoms with Crippen LogP contribution in [0.1, 0.15) is 26.7 Å². The molecule has 1 aliphatic rings. The van der Waals surface area contributed by atoms with Crippen molar-refractivity contribution < 1.29 is 24.2 Å². The molecule has 1 saturated heterocycles. The molecule has 0 aromatic carbocycles. The number of aliphatic hydroxyl groups excluding tert-OH is 1. The van der Waals surface area contributed by atoms with Gasteiger partial charge >= 0.3 is 6.16 Å². The second kappa shape index (κ2) is 7.70. The number of carbonyl (C=O) groups is 1. The minimum atomic E-state index is -0.811. The summed E-state index contributed by atoms with van der Waals surface area (Å²) in [6, 6.07) is -0.0100. The first-order valence-electron chi connectivity index (χ1n) is 5.87. The Bertz CT molecular complexity index is 285. The first kappa shape index (κ1) is 14.5. The quantitative estimate of drug-likeness (QED) is 0.254. The van der Waals surface area contributed by atoms with E-state index < -0.39 is 6.16 Å². The minimum absolute atomic E-state index is 0.0100. The molecule has 0 spiro atoms. The van der Waals surface area contributed by atoms with E-state index in [1.807, 2.05) is 0 Å². The molecular formula is C10H19N3O5. The van der Waals surface area contributed by atoms with Gasteiger partial charge in [-0.05, 0) is 31.9 Å². The summed E-state index contributed by atoms with van der Waals surface area (Å²) in [7, 11) is 0. The molecule has 0 radical (unpaired) electrons. The van der Waals surface area contributed by atoms with Gasteiger partial charge in [0.25, 0.3) is 6.79 Å². The van der Waals surface area contributed by atoms with Gasteiger partial charge in [0, 0.05) is 11.8 Å². The van der Waals surface area contributed by atoms with Crippen molar-refractivity contribution in [1.29, 1.82) is 0 Å². The molecular weight excluding hydrogens is 242 g/mol. The fraction of sp³-hybridized carbons (Fsp3) is 0.900. The summed E-state index contributed by atoms with van der Waals surface area (Å²) in [5, 5.41) is 17.9. The van der Waals surface area contributed by atoms with Crippen molar-refractivity contribution in [1.82, 2.24) is 5.01 Å². The number of hydrogen-bond donors (Lipinski definition) is 1. The molecule has 0 bridgehead atoms. The summed E-state index contributed by atoms with van der Waals surface area (Å²) >= 11 is 0. The van der Waals surface area contributed by atoms with Gasteiger partial charge in [-0.25, -0.2) is 4.79 Å². The van der Waals surface area contributed by atoms with Crippen LogP contribution >= 0.6 is 0 Å². The lowest BCUT2D eigenvalue weighted by Crippen LogP contribution is -2.26. The summed E-state index contributed by atoms with van der Waals surface area (Å²) < 4.78 is 9.27. The van der Waals surface area contributed by atoms with E-state index in [-0.39, 0.29) is 25.5 Å². The lowest BCUT2D eigenvalue weighted by atomic mass is 10.2. The van der Waals surface area contributed by atoms with Gasteiger partial charge in [0.2, 0.25) is 0 Å². The summed E-state index contributed by atoms with van der Waals surface area (Å²) in [5.74, 6) is 0. The van der Waals surface area contributed by atoms with Gasteiger partial charge in [-0.2, -0.15) is 0 Å². The molecule has 1 atom stereocenters. The van der Waals surface area contributed by atoms with Crippen LogP contribution < -0.4 is 0 Å². The molecule has 8 nitrogen and oxygen atoms in total. The molecule has 0 aromatic heterocycles. The van der Waals surface area contributed by atoms with E-state index in [2.05, 4.69) is 20.1 Å². The van der Waals surface area contributed by atoms with E-state index >= 15 is 0 Å². The minimum Gasteiger partial charge on any atom is -0.431 e. The molecule has 1 N–H and O–H groups in total. The van der Waals surface area contributed by atoms with Gasteiger partial charge in [-0.15, -0.1) is 0 Å². The van der Waals surface area contributed by atoms with E-state index in [0.29, 0.717) is 0 Å². The smallest absolute Gasteiger partial charge is 0.431 e. The Morgan fingerprint density at radius 2 is 2.33 bits per heavy atom. The molecule has 1 fully saturated rings. The van der Waals surface area contributed by atoms with Gasteiger partial charge in [-0.3, -0.25) is 5.01 Å². The molecule has 0 saturated carbocycles. The zero-order valence-corrected chi connectivity index (χ0v) is 10.6. The summed E-state index contributed by atoms with van der Waals surface area (Å²) in [6.45, 7) is 3.84. The second-order valence-corrected chi connectivity index (χ2v) is 4.12. The Labute approximate surface area is 105 Å². The normalized spacial score (nSPS) is 19.6. The van der Waals surface area contributed by atoms with E-state index in [9.17, 15) is 4.79 Å². The lowest BCUT2D eigenvalue weighted by Gasteiger charge is -2.16. The Kier molecular flexibility index (Phi) is 6.20. The average Bonchev–Trinajstić information content (AvgIpc) is 2.75. The predicted molar refractivity (Wildman–Crippen MR) is 60.3 cm³/mol. The van der Waals surface area contributed by atoms with E-state index in [4.69, 9.17) is 9.84 Å². The molecule has 0 aromatic rings. The summed E-state index contributed by atoms with van der Waals surface area (Å²) in [5.41, 5.74) is 0. The first-order chi connectivity index (χ1) is 8.63. The number of carbonyl (C=O) groups excluding carboxylic acids is 1. The van der Waals surface area contributed by atoms with Crippen LogP contribution in [0.2, 0.25) is 0 Å². The van der Waals surface area contributed by atoms with Crippen LogP contribution in [0.25, 0.3) is 0 Å². The van der Waals surface area contributed by atoms with Gasteiger partial charge in [0.15, 0.2) is 0 Å². The van der Waals surface area contributed by atoms with Crippen LogP contribution in [0.5, 0.6) is 0 Å². The summed E-state index contributed by atoms with van der Waals surface area (Å²) in [4.78, 5) is 15.6. The number of hydrogen-bond acceptors (Lipinski definition) is 7. The molecule has 1 heterocycles. The van der Waals surface area contributed by atoms with Gasteiger partial charge < -0.3 is 19.4 Å². The highest BCUT2D eigenvalue weighted by atomic mass is 16.8. The lowest BCUT2D eigenvalue weighted by molar-refractivity contribution is -0.0623. The fourth-order valence-electron chi connectivity index (χ4n) is 1.52. The molecule has 104 valence electrons. The number of nitrogens with zero attached hydrogens (tertiary/aromatic N) is 3. The highest BCUT2D eigenvalue weighted by Crippen LogP contribution is 2.16. The van der Waals surface area contributed by atoms with Crippen molar-refractivity contribution in [2.75, 3.05) is 19.9 Å². The largest absolute Gasteiger partial charge is 0.511 e. The Morgan fingerprint density at radius 1 is 1.56 bits per heavy atom. The monoisotopic (exact) mass is 261 g/mol. The molecule has 18 heavy (non-hydrogen) atoms. The van der Waals surface area contributed by atoms with Gasteiger partial charge in [0.1, 0.15) is 0 Å². The maximum Gasteiger partial charge on any atom is 0.511 e. The van der Waals surface area contributed by atoms with Crippen LogP contribution in [-0.4, -0.2) is 48.4 Å². The molecule has 1 aliphatic heterocycles. The van der Waals surface area contributed by atoms with Crippen LogP contribution in [0, 0.1) is 0 Å². The second-order valence-electron chi connectivity index (χ2n) is 4.12. The molecule has 1 unspecified atom stereocenters. The molecule has 0 aliphatic carbocycles. The third-order valence-corrected chi connectivity index (χ3v) is 2.33. The Hall–Kier alpha value is -1.57. The average molecular weight is 261 g/mol. The van der Waals surface area contributed by atoms with Crippen LogP contribution in [0.3, 0.4) is 0 Å². The highest BCUT2D eigenvalue weighted by molar-refractivity contribution is 5.59. The maximum atomic E-state index is 10.9. The predicted octanol–water partition coefficient (Wildman–Crippen LogP) is 1.26.